The van der Waals surface area contributed by atoms with Crippen LogP contribution in [0.3, 0.4) is 0 Å². The number of ether oxygens (including phenoxy) is 6. The van der Waals surface area contributed by atoms with Gasteiger partial charge in [-0.15, -0.1) is 0 Å². The smallest absolute Gasteiger partial charge is 0.462 e. The van der Waals surface area contributed by atoms with Gasteiger partial charge in [-0.2, -0.15) is 0 Å². The van der Waals surface area contributed by atoms with E-state index in [9.17, 15) is 57.3 Å². The lowest BCUT2D eigenvalue weighted by Crippen LogP contribution is -2.43. The maximum atomic E-state index is 14.1. The summed E-state index contributed by atoms with van der Waals surface area (Å²) in [4.78, 5) is 129. The Bertz CT molecular complexity index is 3030. The first kappa shape index (κ1) is 128. The maximum Gasteiger partial charge on any atom is 0.472 e. The lowest BCUT2D eigenvalue weighted by atomic mass is 10.0. The van der Waals surface area contributed by atoms with E-state index in [-0.39, 0.29) is 95.9 Å². The van der Waals surface area contributed by atoms with Crippen molar-refractivity contribution in [1.82, 2.24) is 21.3 Å². The molecule has 0 fully saturated rings. The van der Waals surface area contributed by atoms with Crippen molar-refractivity contribution in [3.8, 4) is 0 Å². The van der Waals surface area contributed by atoms with Gasteiger partial charge in [-0.25, -0.2) is 9.13 Å². The molecule has 0 aliphatic rings. The molecule has 133 heavy (non-hydrogen) atoms. The molecule has 0 spiro atoms. The predicted molar refractivity (Wildman–Crippen MR) is 537 cm³/mol. The fraction of sp³-hybridized carbons (Fsp3) is 0.848. The van der Waals surface area contributed by atoms with Crippen LogP contribution in [0.25, 0.3) is 0 Å². The van der Waals surface area contributed by atoms with Crippen LogP contribution in [0.1, 0.15) is 473 Å². The number of carbonyl (C=O) groups excluding carboxylic acids is 8. The van der Waals surface area contributed by atoms with Crippen molar-refractivity contribution in [2.45, 2.75) is 509 Å². The summed E-state index contributed by atoms with van der Waals surface area (Å²) in [5.74, 6) is -3.92. The molecule has 0 saturated carbocycles. The number of esters is 4. The Morgan fingerprint density at radius 3 is 0.767 bits per heavy atom. The third-order valence-electron chi connectivity index (χ3n) is 23.2. The van der Waals surface area contributed by atoms with E-state index in [0.717, 1.165) is 205 Å². The van der Waals surface area contributed by atoms with Gasteiger partial charge in [0.05, 0.1) is 77.8 Å². The number of amides is 4. The monoisotopic (exact) mass is 1930 g/mol. The van der Waals surface area contributed by atoms with Crippen LogP contribution in [0.4, 0.5) is 0 Å². The number of hydrogen-bond donors (Lipinski definition) is 6. The number of phosphoric ester groups is 2. The molecule has 4 unspecified atom stereocenters. The highest BCUT2D eigenvalue weighted by atomic mass is 31.2. The first-order chi connectivity index (χ1) is 64.6. The minimum atomic E-state index is -4.89. The number of carbonyl (C=O) groups is 8. The van der Waals surface area contributed by atoms with Gasteiger partial charge in [0.2, 0.25) is 23.6 Å². The third-order valence-corrected chi connectivity index (χ3v) is 25.2. The largest absolute Gasteiger partial charge is 0.472 e. The van der Waals surface area contributed by atoms with E-state index in [1.54, 1.807) is 0 Å². The van der Waals surface area contributed by atoms with Gasteiger partial charge in [0.1, 0.15) is 30.8 Å². The molecular weight excluding hydrogens is 1730 g/mol. The SMILES string of the molecule is CCCCCCC=CCCCC(=O)O[C@H](CCCCCCC)CCOCC(COP(=O)(O)OCCNC(=O)CC(=O)NCCOP(=O)(O)OCC(COCC[C@@H](CCCCCCC)OC(=O)CCCC=CCCCCCC)NC(=O)C[C@@H](CCCCCCCCCCC)OC(=O)CCCC=CCCCCCC)NC(=O)C[C@@H](CCCCCCC)OC(=O)CCCC=CCCCCCC. The van der Waals surface area contributed by atoms with Gasteiger partial charge in [0, 0.05) is 51.6 Å². The maximum absolute atomic E-state index is 14.1. The van der Waals surface area contributed by atoms with Crippen LogP contribution in [0.15, 0.2) is 48.6 Å². The van der Waals surface area contributed by atoms with Crippen molar-refractivity contribution in [2.75, 3.05) is 65.9 Å². The second-order valence-corrected chi connectivity index (χ2v) is 39.2. The molecule has 0 bridgehead atoms. The van der Waals surface area contributed by atoms with E-state index in [4.69, 9.17) is 46.5 Å². The molecule has 0 rings (SSSR count). The minimum absolute atomic E-state index is 0.122. The normalized spacial score (nSPS) is 14.1. The molecule has 26 nitrogen and oxygen atoms in total. The van der Waals surface area contributed by atoms with E-state index < -0.39 is 115 Å². The van der Waals surface area contributed by atoms with Crippen molar-refractivity contribution in [3.63, 3.8) is 0 Å². The Kier molecular flexibility index (Phi) is 90.8. The number of phosphoric acid groups is 2. The standard InChI is InChI=1S/C105H194N4O22P2/c1-9-17-25-33-38-43-48-56-64-72-97(131-105(117)76-68-60-52-47-42-37-29-21-13-5)86-101(113)109-93(89-123-82-78-95(70-62-54-31-23-15-7)129-103(115)74-66-58-50-45-40-35-27-19-11-3)91-127-133(120,121)125-84-80-107-99(111)87-98(110)106-79-83-124-132(118,119)126-90-92(88-122-81-77-94(69-61-53-30-22-14-6)128-102(114)73-65-57-49-44-39-34-26-18-10-2)108-100(112)85-96(71-63-55-32-24-16-8)130-104(116)75-67-59-51-46-41-36-28-20-12-4/h44-47,49-52,92-97H,9-43,48,53-91H2,1-8H3,(H,106,110)(H,107,111)(H,108,112)(H,109,113)(H,118,119)(H,120,121)/t92?,93?,94-,95-,96-,97-/m1/s1. The van der Waals surface area contributed by atoms with Gasteiger partial charge < -0.3 is 59.5 Å². The highest BCUT2D eigenvalue weighted by Gasteiger charge is 2.30. The summed E-state index contributed by atoms with van der Waals surface area (Å²) >= 11 is 0. The average molecular weight is 1930 g/mol. The lowest BCUT2D eigenvalue weighted by Gasteiger charge is -2.23. The van der Waals surface area contributed by atoms with Crippen molar-refractivity contribution in [3.05, 3.63) is 48.6 Å². The first-order valence-electron chi connectivity index (χ1n) is 53.5. The van der Waals surface area contributed by atoms with Crippen LogP contribution in [0, 0.1) is 0 Å². The molecule has 0 aliphatic heterocycles. The molecule has 28 heteroatoms. The van der Waals surface area contributed by atoms with Crippen molar-refractivity contribution >= 4 is 63.2 Å². The zero-order chi connectivity index (χ0) is 97.7. The minimum Gasteiger partial charge on any atom is -0.462 e. The van der Waals surface area contributed by atoms with Gasteiger partial charge in [-0.3, -0.25) is 56.5 Å². The lowest BCUT2D eigenvalue weighted by molar-refractivity contribution is -0.152. The topological polar surface area (TPSA) is 352 Å². The zero-order valence-electron chi connectivity index (χ0n) is 85.1. The number of rotatable bonds is 100. The van der Waals surface area contributed by atoms with Crippen molar-refractivity contribution < 1.29 is 104 Å². The van der Waals surface area contributed by atoms with E-state index in [2.05, 4.69) is 125 Å². The summed E-state index contributed by atoms with van der Waals surface area (Å²) in [6.07, 6.45) is 71.1. The van der Waals surface area contributed by atoms with Gasteiger partial charge in [-0.05, 0) is 154 Å². The third kappa shape index (κ3) is 89.3. The van der Waals surface area contributed by atoms with Crippen molar-refractivity contribution in [1.29, 1.82) is 0 Å². The fourth-order valence-corrected chi connectivity index (χ4v) is 16.8. The van der Waals surface area contributed by atoms with Crippen LogP contribution < -0.4 is 21.3 Å². The van der Waals surface area contributed by atoms with E-state index in [1.807, 2.05) is 0 Å². The van der Waals surface area contributed by atoms with Crippen LogP contribution in [0.5, 0.6) is 0 Å². The molecule has 6 N–H and O–H groups in total. The molecule has 0 saturated heterocycles. The number of allylic oxidation sites excluding steroid dienone is 8. The first-order valence-corrected chi connectivity index (χ1v) is 56.5. The molecule has 0 aromatic carbocycles. The molecule has 0 aromatic rings. The van der Waals surface area contributed by atoms with Gasteiger partial charge in [-0.1, -0.05) is 309 Å². The predicted octanol–water partition coefficient (Wildman–Crippen LogP) is 25.9. The van der Waals surface area contributed by atoms with Gasteiger partial charge >= 0.3 is 39.5 Å². The Morgan fingerprint density at radius 1 is 0.263 bits per heavy atom. The van der Waals surface area contributed by atoms with Crippen molar-refractivity contribution in [2.24, 2.45) is 0 Å². The zero-order valence-corrected chi connectivity index (χ0v) is 86.9. The summed E-state index contributed by atoms with van der Waals surface area (Å²) in [6.45, 7) is 14.4. The number of nitrogens with one attached hydrogen (secondary N) is 4. The Labute approximate surface area is 807 Å². The quantitative estimate of drug-likeness (QED) is 0.00822. The van der Waals surface area contributed by atoms with E-state index in [1.165, 1.54) is 103 Å². The molecule has 776 valence electrons. The number of hydrogen-bond acceptors (Lipinski definition) is 20. The molecule has 0 aliphatic carbocycles. The van der Waals surface area contributed by atoms with Gasteiger partial charge in [0.25, 0.3) is 0 Å². The summed E-state index contributed by atoms with van der Waals surface area (Å²) in [6, 6.07) is -2.02. The van der Waals surface area contributed by atoms with Crippen LogP contribution in [-0.4, -0.2) is 160 Å². The molecule has 0 radical (unpaired) electrons. The highest BCUT2D eigenvalue weighted by Crippen LogP contribution is 2.44. The Hall–Kier alpha value is -5.14. The molecule has 8 atom stereocenters. The van der Waals surface area contributed by atoms with Crippen LogP contribution in [-0.2, 0) is 94.0 Å². The van der Waals surface area contributed by atoms with Crippen LogP contribution in [0.2, 0.25) is 0 Å². The van der Waals surface area contributed by atoms with Crippen LogP contribution >= 0.6 is 15.6 Å². The Balaban J connectivity index is 6.39. The van der Waals surface area contributed by atoms with E-state index in [0.29, 0.717) is 64.2 Å². The highest BCUT2D eigenvalue weighted by molar-refractivity contribution is 7.47. The fourth-order valence-electron chi connectivity index (χ4n) is 15.2. The molecule has 4 amide bonds. The molecule has 0 heterocycles. The van der Waals surface area contributed by atoms with Gasteiger partial charge in [0.15, 0.2) is 0 Å². The summed E-state index contributed by atoms with van der Waals surface area (Å²) in [5, 5.41) is 10.7. The number of unbranched alkanes of at least 4 members (excludes halogenated alkanes) is 40. The second-order valence-electron chi connectivity index (χ2n) is 36.3. The molecular formula is C105H194N4O22P2. The Morgan fingerprint density at radius 2 is 0.496 bits per heavy atom. The summed E-state index contributed by atoms with van der Waals surface area (Å²) in [5.41, 5.74) is 0. The average Bonchev–Trinajstić information content (AvgIpc) is 0.902. The second kappa shape index (κ2) is 94.5. The summed E-state index contributed by atoms with van der Waals surface area (Å²) in [7, 11) is -9.78. The van der Waals surface area contributed by atoms with E-state index >= 15 is 0 Å². The summed E-state index contributed by atoms with van der Waals surface area (Å²) < 4.78 is 84.8. The molecule has 0 aromatic heterocycles.